The Morgan fingerprint density at radius 2 is 2.21 bits per heavy atom. The first kappa shape index (κ1) is 14.6. The lowest BCUT2D eigenvalue weighted by molar-refractivity contribution is -0.145. The number of piperidine rings is 1. The third-order valence-electron chi connectivity index (χ3n) is 3.67. The number of rotatable bonds is 3. The van der Waals surface area contributed by atoms with Crippen LogP contribution in [0.15, 0.2) is 18.2 Å². The van der Waals surface area contributed by atoms with Crippen LogP contribution in [0, 0.1) is 5.92 Å². The van der Waals surface area contributed by atoms with Crippen molar-refractivity contribution < 1.29 is 9.90 Å². The highest BCUT2D eigenvalue weighted by Crippen LogP contribution is 2.29. The maximum Gasteiger partial charge on any atom is 0.320 e. The number of nitrogens with zero attached hydrogens (tertiary/aromatic N) is 1. The summed E-state index contributed by atoms with van der Waals surface area (Å²) in [6.07, 6.45) is 1.70. The van der Waals surface area contributed by atoms with Gasteiger partial charge < -0.3 is 5.11 Å². The maximum absolute atomic E-state index is 11.4. The molecular formula is C14H17Cl2NO2. The van der Waals surface area contributed by atoms with Gasteiger partial charge in [-0.25, -0.2) is 0 Å². The Bertz CT molecular complexity index is 479. The van der Waals surface area contributed by atoms with Gasteiger partial charge in [0.2, 0.25) is 0 Å². The lowest BCUT2D eigenvalue weighted by atomic mass is 9.92. The van der Waals surface area contributed by atoms with E-state index in [2.05, 4.69) is 6.92 Å². The monoisotopic (exact) mass is 301 g/mol. The molecule has 0 amide bonds. The van der Waals surface area contributed by atoms with Crippen LogP contribution in [0.5, 0.6) is 0 Å². The summed E-state index contributed by atoms with van der Waals surface area (Å²) < 4.78 is 0. The normalized spacial score (nSPS) is 24.4. The second-order valence-corrected chi connectivity index (χ2v) is 5.95. The number of hydrogen-bond donors (Lipinski definition) is 1. The molecule has 3 nitrogen and oxygen atoms in total. The Hall–Kier alpha value is -0.770. The Kier molecular flexibility index (Phi) is 4.71. The van der Waals surface area contributed by atoms with Crippen LogP contribution < -0.4 is 0 Å². The van der Waals surface area contributed by atoms with Crippen molar-refractivity contribution in [2.24, 2.45) is 5.92 Å². The van der Waals surface area contributed by atoms with Gasteiger partial charge in [-0.15, -0.1) is 0 Å². The highest BCUT2D eigenvalue weighted by Gasteiger charge is 2.31. The van der Waals surface area contributed by atoms with Crippen molar-refractivity contribution in [2.45, 2.75) is 32.4 Å². The largest absolute Gasteiger partial charge is 0.480 e. The van der Waals surface area contributed by atoms with E-state index in [1.165, 1.54) is 0 Å². The SMILES string of the molecule is CC1CCN(Cc2cccc(Cl)c2Cl)C(C(=O)O)C1. The number of halogens is 2. The molecule has 1 saturated heterocycles. The van der Waals surface area contributed by atoms with Gasteiger partial charge in [0.1, 0.15) is 6.04 Å². The van der Waals surface area contributed by atoms with Crippen molar-refractivity contribution in [3.8, 4) is 0 Å². The Labute approximate surface area is 123 Å². The minimum absolute atomic E-state index is 0.432. The summed E-state index contributed by atoms with van der Waals surface area (Å²) in [6, 6.07) is 5.04. The summed E-state index contributed by atoms with van der Waals surface area (Å²) in [5.41, 5.74) is 0.884. The Balaban J connectivity index is 2.16. The fraction of sp³-hybridized carbons (Fsp3) is 0.500. The molecule has 2 unspecified atom stereocenters. The summed E-state index contributed by atoms with van der Waals surface area (Å²) in [4.78, 5) is 13.3. The predicted molar refractivity (Wildman–Crippen MR) is 76.7 cm³/mol. The van der Waals surface area contributed by atoms with E-state index in [0.717, 1.165) is 18.5 Å². The molecule has 0 aromatic heterocycles. The quantitative estimate of drug-likeness (QED) is 0.926. The number of carbonyl (C=O) groups is 1. The van der Waals surface area contributed by atoms with E-state index in [-0.39, 0.29) is 0 Å². The van der Waals surface area contributed by atoms with Crippen LogP contribution in [-0.2, 0) is 11.3 Å². The molecular weight excluding hydrogens is 285 g/mol. The molecule has 2 atom stereocenters. The minimum Gasteiger partial charge on any atom is -0.480 e. The van der Waals surface area contributed by atoms with Gasteiger partial charge in [0.25, 0.3) is 0 Å². The van der Waals surface area contributed by atoms with Crippen LogP contribution in [0.3, 0.4) is 0 Å². The predicted octanol–water partition coefficient (Wildman–Crippen LogP) is 3.68. The van der Waals surface area contributed by atoms with Crippen LogP contribution in [0.1, 0.15) is 25.3 Å². The van der Waals surface area contributed by atoms with Gasteiger partial charge in [-0.3, -0.25) is 9.69 Å². The average Bonchev–Trinajstić information content (AvgIpc) is 2.36. The van der Waals surface area contributed by atoms with E-state index < -0.39 is 12.0 Å². The second-order valence-electron chi connectivity index (χ2n) is 5.17. The molecule has 1 N–H and O–H groups in total. The van der Waals surface area contributed by atoms with Gasteiger partial charge in [0.05, 0.1) is 10.0 Å². The molecule has 1 fully saturated rings. The molecule has 104 valence electrons. The second kappa shape index (κ2) is 6.12. The zero-order valence-corrected chi connectivity index (χ0v) is 12.3. The van der Waals surface area contributed by atoms with Gasteiger partial charge in [0, 0.05) is 6.54 Å². The molecule has 5 heteroatoms. The molecule has 1 aliphatic heterocycles. The molecule has 0 saturated carbocycles. The van der Waals surface area contributed by atoms with E-state index >= 15 is 0 Å². The maximum atomic E-state index is 11.4. The molecule has 0 radical (unpaired) electrons. The third kappa shape index (κ3) is 3.41. The zero-order chi connectivity index (χ0) is 14.0. The topological polar surface area (TPSA) is 40.5 Å². The zero-order valence-electron chi connectivity index (χ0n) is 10.8. The fourth-order valence-corrected chi connectivity index (χ4v) is 2.91. The van der Waals surface area contributed by atoms with Crippen molar-refractivity contribution in [3.05, 3.63) is 33.8 Å². The smallest absolute Gasteiger partial charge is 0.320 e. The number of benzene rings is 1. The number of carboxylic acid groups (broad SMARTS) is 1. The Morgan fingerprint density at radius 3 is 2.89 bits per heavy atom. The van der Waals surface area contributed by atoms with Crippen molar-refractivity contribution in [3.63, 3.8) is 0 Å². The van der Waals surface area contributed by atoms with E-state index in [0.29, 0.717) is 28.9 Å². The summed E-state index contributed by atoms with van der Waals surface area (Å²) in [6.45, 7) is 3.41. The molecule has 1 aromatic carbocycles. The lowest BCUT2D eigenvalue weighted by Gasteiger charge is -2.36. The molecule has 2 rings (SSSR count). The van der Waals surface area contributed by atoms with Gasteiger partial charge in [-0.2, -0.15) is 0 Å². The van der Waals surface area contributed by atoms with E-state index in [4.69, 9.17) is 23.2 Å². The van der Waals surface area contributed by atoms with Crippen LogP contribution in [0.4, 0.5) is 0 Å². The number of hydrogen-bond acceptors (Lipinski definition) is 2. The van der Waals surface area contributed by atoms with Gasteiger partial charge in [-0.05, 0) is 36.9 Å². The van der Waals surface area contributed by atoms with Crippen LogP contribution >= 0.6 is 23.2 Å². The van der Waals surface area contributed by atoms with Crippen molar-refractivity contribution >= 4 is 29.2 Å². The van der Waals surface area contributed by atoms with Gasteiger partial charge >= 0.3 is 5.97 Å². The summed E-state index contributed by atoms with van der Waals surface area (Å²) in [7, 11) is 0. The summed E-state index contributed by atoms with van der Waals surface area (Å²) in [5.74, 6) is -0.308. The third-order valence-corrected chi connectivity index (χ3v) is 4.52. The van der Waals surface area contributed by atoms with Crippen LogP contribution in [-0.4, -0.2) is 28.6 Å². The van der Waals surface area contributed by atoms with E-state index in [9.17, 15) is 9.90 Å². The van der Waals surface area contributed by atoms with E-state index in [1.54, 1.807) is 6.07 Å². The summed E-state index contributed by atoms with van der Waals surface area (Å²) >= 11 is 12.1. The van der Waals surface area contributed by atoms with Crippen molar-refractivity contribution in [1.29, 1.82) is 0 Å². The highest BCUT2D eigenvalue weighted by molar-refractivity contribution is 6.42. The fourth-order valence-electron chi connectivity index (χ4n) is 2.53. The summed E-state index contributed by atoms with van der Waals surface area (Å²) in [5, 5.41) is 10.4. The molecule has 1 aliphatic rings. The van der Waals surface area contributed by atoms with Crippen LogP contribution in [0.2, 0.25) is 10.0 Å². The highest BCUT2D eigenvalue weighted by atomic mass is 35.5. The standard InChI is InChI=1S/C14H17Cl2NO2/c1-9-5-6-17(12(7-9)14(18)19)8-10-3-2-4-11(15)13(10)16/h2-4,9,12H,5-8H2,1H3,(H,18,19). The Morgan fingerprint density at radius 1 is 1.47 bits per heavy atom. The van der Waals surface area contributed by atoms with Crippen LogP contribution in [0.25, 0.3) is 0 Å². The molecule has 1 heterocycles. The minimum atomic E-state index is -0.760. The first-order valence-corrected chi connectivity index (χ1v) is 7.14. The molecule has 19 heavy (non-hydrogen) atoms. The molecule has 0 aliphatic carbocycles. The van der Waals surface area contributed by atoms with E-state index in [1.807, 2.05) is 17.0 Å². The molecule has 1 aromatic rings. The molecule has 0 spiro atoms. The van der Waals surface area contributed by atoms with Gasteiger partial charge in [0.15, 0.2) is 0 Å². The first-order chi connectivity index (χ1) is 8.99. The number of aliphatic carboxylic acids is 1. The number of likely N-dealkylation sites (tertiary alicyclic amines) is 1. The lowest BCUT2D eigenvalue weighted by Crippen LogP contribution is -2.46. The number of carboxylic acids is 1. The average molecular weight is 302 g/mol. The molecule has 0 bridgehead atoms. The van der Waals surface area contributed by atoms with Gasteiger partial charge in [-0.1, -0.05) is 42.3 Å². The first-order valence-electron chi connectivity index (χ1n) is 6.38. The van der Waals surface area contributed by atoms with Crippen molar-refractivity contribution in [2.75, 3.05) is 6.54 Å². The van der Waals surface area contributed by atoms with Crippen molar-refractivity contribution in [1.82, 2.24) is 4.90 Å².